The van der Waals surface area contributed by atoms with Gasteiger partial charge in [0.05, 0.1) is 49.8 Å². The second kappa shape index (κ2) is 20.2. The first-order chi connectivity index (χ1) is 40.5. The van der Waals surface area contributed by atoms with Crippen LogP contribution in [0.4, 0.5) is 23.5 Å². The molecule has 4 N–H and O–H groups in total. The Kier molecular flexibility index (Phi) is 13.0. The Balaban J connectivity index is 0.963. The van der Waals surface area contributed by atoms with Crippen LogP contribution in [0.25, 0.3) is 22.3 Å². The quantitative estimate of drug-likeness (QED) is 0.0695. The van der Waals surface area contributed by atoms with Crippen LogP contribution in [0.2, 0.25) is 0 Å². The van der Waals surface area contributed by atoms with Gasteiger partial charge < -0.3 is 58.8 Å². The summed E-state index contributed by atoms with van der Waals surface area (Å²) in [4.78, 5) is 96.5. The number of hydrogen-bond acceptors (Lipinski definition) is 28. The first-order valence-corrected chi connectivity index (χ1v) is 27.6. The zero-order valence-corrected chi connectivity index (χ0v) is 47.0. The number of rotatable bonds is 18. The predicted octanol–water partition coefficient (Wildman–Crippen LogP) is 1.34. The van der Waals surface area contributed by atoms with Crippen LogP contribution in [0, 0.1) is 11.8 Å². The van der Waals surface area contributed by atoms with Gasteiger partial charge >= 0.3 is 23.9 Å². The number of carbonyl (C=O) groups is 4. The van der Waals surface area contributed by atoms with Crippen LogP contribution >= 0.6 is 0 Å². The zero-order valence-electron chi connectivity index (χ0n) is 47.0. The second-order valence-corrected chi connectivity index (χ2v) is 21.4. The maximum absolute atomic E-state index is 14.0. The largest absolute Gasteiger partial charge is 0.453 e. The highest BCUT2D eigenvalue weighted by Gasteiger charge is 2.80. The van der Waals surface area contributed by atoms with Crippen LogP contribution in [0.1, 0.15) is 102 Å². The van der Waals surface area contributed by atoms with Crippen molar-refractivity contribution in [2.75, 3.05) is 34.4 Å². The SMILES string of the molecule is CCn1nnc(C2OC3(C4CCC([C@@]56O[C@H](c7nnn(CC)n7)C(OC(C)=O)C5(OC(C)=O)Nc5nc(NCCc7cn(C)cn7)nc7c5ncn76)CC4)n4cnc5c(nc(NCCc6cn(C)cn6)nc54)N[C@@]3(OC(C)=O)C2OC(C)=O)n1. The van der Waals surface area contributed by atoms with Gasteiger partial charge in [-0.15, -0.1) is 20.4 Å². The number of imidazole rings is 4. The number of nitrogens with zero attached hydrogens (tertiary/aromatic N) is 20. The number of anilines is 4. The summed E-state index contributed by atoms with van der Waals surface area (Å²) in [6.07, 6.45) is 6.38. The Hall–Kier alpha value is -9.34. The molecule has 440 valence electrons. The van der Waals surface area contributed by atoms with E-state index in [2.05, 4.69) is 62.1 Å². The molecule has 8 bridgehead atoms. The normalized spacial score (nSPS) is 27.4. The fraction of sp³-hybridized carbons (Fsp3) is 0.560. The number of esters is 4. The monoisotopic (exact) mass is 1160 g/mol. The van der Waals surface area contributed by atoms with E-state index in [1.54, 1.807) is 21.8 Å². The van der Waals surface area contributed by atoms with Crippen molar-refractivity contribution in [1.29, 1.82) is 0 Å². The lowest BCUT2D eigenvalue weighted by molar-refractivity contribution is -0.253. The maximum atomic E-state index is 14.0. The number of tetrazole rings is 2. The highest BCUT2D eigenvalue weighted by Crippen LogP contribution is 2.65. The van der Waals surface area contributed by atoms with Crippen molar-refractivity contribution in [3.8, 4) is 0 Å². The lowest BCUT2D eigenvalue weighted by Gasteiger charge is -2.53. The van der Waals surface area contributed by atoms with Gasteiger partial charge in [-0.1, -0.05) is 0 Å². The van der Waals surface area contributed by atoms with Gasteiger partial charge in [-0.3, -0.25) is 28.3 Å². The molecule has 84 heavy (non-hydrogen) atoms. The highest BCUT2D eigenvalue weighted by molar-refractivity contribution is 5.88. The molecule has 34 nitrogen and oxygen atoms in total. The van der Waals surface area contributed by atoms with Crippen LogP contribution in [-0.2, 0) is 99.1 Å². The zero-order chi connectivity index (χ0) is 58.5. The van der Waals surface area contributed by atoms with E-state index in [0.717, 1.165) is 11.4 Å². The molecule has 13 rings (SSSR count). The Morgan fingerprint density at radius 1 is 0.595 bits per heavy atom. The molecule has 2 saturated heterocycles. The summed E-state index contributed by atoms with van der Waals surface area (Å²) in [5.74, 6) is -3.81. The second-order valence-electron chi connectivity index (χ2n) is 21.4. The van der Waals surface area contributed by atoms with Crippen LogP contribution < -0.4 is 21.3 Å². The van der Waals surface area contributed by atoms with Gasteiger partial charge in [0.2, 0.25) is 35.0 Å². The third kappa shape index (κ3) is 8.41. The molecule has 1 aliphatic carbocycles. The molecule has 1 saturated carbocycles. The minimum atomic E-state index is -2.18. The van der Waals surface area contributed by atoms with Gasteiger partial charge in [-0.25, -0.2) is 19.9 Å². The number of ether oxygens (including phenoxy) is 6. The van der Waals surface area contributed by atoms with Gasteiger partial charge in [0.15, 0.2) is 58.4 Å². The van der Waals surface area contributed by atoms with Gasteiger partial charge in [0.25, 0.3) is 11.4 Å². The van der Waals surface area contributed by atoms with Crippen molar-refractivity contribution in [3.63, 3.8) is 0 Å². The lowest BCUT2D eigenvalue weighted by Crippen LogP contribution is -2.69. The van der Waals surface area contributed by atoms with Crippen LogP contribution in [0.3, 0.4) is 0 Å². The first kappa shape index (κ1) is 53.9. The van der Waals surface area contributed by atoms with Crippen LogP contribution in [-0.4, -0.2) is 159 Å². The molecule has 0 amide bonds. The van der Waals surface area contributed by atoms with Gasteiger partial charge in [0, 0.05) is 92.0 Å². The Morgan fingerprint density at radius 2 is 1.01 bits per heavy atom. The van der Waals surface area contributed by atoms with Crippen molar-refractivity contribution in [1.82, 2.24) is 98.6 Å². The van der Waals surface area contributed by atoms with Crippen molar-refractivity contribution < 1.29 is 47.6 Å². The van der Waals surface area contributed by atoms with Crippen molar-refractivity contribution in [2.24, 2.45) is 25.9 Å². The number of carbonyl (C=O) groups excluding carboxylic acids is 4. The summed E-state index contributed by atoms with van der Waals surface area (Å²) < 4.78 is 48.1. The fourth-order valence-electron chi connectivity index (χ4n) is 12.9. The molecule has 8 atom stereocenters. The standard InChI is InChI=1S/C50H60N24O10/c1-9-73-65-41(63-67-73)35-37(79-25(3)75)47(81-27(5)77)49(83-35,71-23-55-33-39(61-47)57-45(59-43(33)71)51-17-15-31-19-69(7)21-53-31)29-11-13-30(14-12-29)50-48(82-28(6)78,38(80-26(4)76)36(84-50)42-64-68-74(10-2)66-42)62-40-34-44(72(50)24-56-34)60-46(58-40)52-18-16-32-20-70(8)22-54-32/h19-24,29-30,35-38H,9-18H2,1-8H3,(H2,51,57,59,61)(H2,52,58,60,62)/t29?,30?,35-,36?,37?,38?,47?,48+,49+,50?/m0/s1. The van der Waals surface area contributed by atoms with E-state index in [4.69, 9.17) is 58.3 Å². The molecule has 0 spiro atoms. The number of aromatic nitrogens is 20. The Morgan fingerprint density at radius 3 is 1.36 bits per heavy atom. The van der Waals surface area contributed by atoms with Crippen molar-refractivity contribution in [3.05, 3.63) is 60.7 Å². The number of aryl methyl sites for hydroxylation is 4. The van der Waals surface area contributed by atoms with Crippen molar-refractivity contribution >= 4 is 69.7 Å². The third-order valence-corrected chi connectivity index (χ3v) is 16.0. The minimum Gasteiger partial charge on any atom is -0.453 e. The van der Waals surface area contributed by atoms with Crippen LogP contribution in [0.5, 0.6) is 0 Å². The fourth-order valence-corrected chi connectivity index (χ4v) is 12.9. The minimum absolute atomic E-state index is 0.0260. The number of fused-ring (bicyclic) bond motifs is 4. The van der Waals surface area contributed by atoms with Gasteiger partial charge in [-0.05, 0) is 50.0 Å². The highest BCUT2D eigenvalue weighted by atomic mass is 16.7. The van der Waals surface area contributed by atoms with Crippen LogP contribution in [0.15, 0.2) is 37.7 Å². The van der Waals surface area contributed by atoms with E-state index < -0.39 is 83.0 Å². The van der Waals surface area contributed by atoms with E-state index in [-0.39, 0.29) is 72.2 Å². The molecule has 3 fully saturated rings. The molecule has 5 unspecified atom stereocenters. The summed E-state index contributed by atoms with van der Waals surface area (Å²) in [5.41, 5.74) is -5.43. The van der Waals surface area contributed by atoms with E-state index >= 15 is 0 Å². The summed E-state index contributed by atoms with van der Waals surface area (Å²) in [5, 5.41) is 40.1. The van der Waals surface area contributed by atoms with E-state index in [9.17, 15) is 19.2 Å². The molecule has 34 heteroatoms. The molecule has 0 radical (unpaired) electrons. The topological polar surface area (TPSA) is 382 Å². The van der Waals surface area contributed by atoms with Gasteiger partial charge in [-0.2, -0.15) is 29.5 Å². The number of nitrogens with one attached hydrogen (secondary N) is 4. The van der Waals surface area contributed by atoms with Gasteiger partial charge in [0.1, 0.15) is 0 Å². The molecular weight excluding hydrogens is 1100 g/mol. The molecule has 8 aromatic rings. The Bertz CT molecular complexity index is 3630. The summed E-state index contributed by atoms with van der Waals surface area (Å²) >= 11 is 0. The van der Waals surface area contributed by atoms with E-state index in [1.165, 1.54) is 49.9 Å². The lowest BCUT2D eigenvalue weighted by atomic mass is 9.68. The molecule has 8 aromatic heterocycles. The summed E-state index contributed by atoms with van der Waals surface area (Å²) in [6, 6.07) is 0. The van der Waals surface area contributed by atoms with E-state index in [0.29, 0.717) is 50.1 Å². The molecule has 0 aromatic carbocycles. The van der Waals surface area contributed by atoms with E-state index in [1.807, 2.05) is 49.5 Å². The average Bonchev–Trinajstić information content (AvgIpc) is 1.59. The summed E-state index contributed by atoms with van der Waals surface area (Å²) in [6.45, 7) is 10.0. The average molecular weight is 1160 g/mol. The molecular formula is C50H60N24O10. The molecule has 4 aliphatic heterocycles. The maximum Gasteiger partial charge on any atom is 0.305 e. The summed E-state index contributed by atoms with van der Waals surface area (Å²) in [7, 11) is 3.78. The third-order valence-electron chi connectivity index (χ3n) is 16.0. The number of hydrogen-bond donors (Lipinski definition) is 4. The smallest absolute Gasteiger partial charge is 0.305 e. The van der Waals surface area contributed by atoms with Crippen molar-refractivity contribution in [2.45, 2.75) is 140 Å². The molecule has 5 aliphatic rings. The predicted molar refractivity (Wildman–Crippen MR) is 285 cm³/mol. The molecule has 12 heterocycles. The first-order valence-electron chi connectivity index (χ1n) is 27.6. The Labute approximate surface area is 476 Å².